The van der Waals surface area contributed by atoms with E-state index >= 15 is 0 Å². The smallest absolute Gasteiger partial charge is 0.289 e. The summed E-state index contributed by atoms with van der Waals surface area (Å²) < 4.78 is 5.19. The summed E-state index contributed by atoms with van der Waals surface area (Å²) in [7, 11) is 0. The first-order chi connectivity index (χ1) is 15.0. The summed E-state index contributed by atoms with van der Waals surface area (Å²) in [4.78, 5) is 45.8. The van der Waals surface area contributed by atoms with E-state index in [4.69, 9.17) is 16.0 Å². The normalized spacial score (nSPS) is 19.8. The number of halogens is 1. The average molecular weight is 445 g/mol. The van der Waals surface area contributed by atoms with Crippen molar-refractivity contribution in [3.05, 3.63) is 47.5 Å². The number of likely N-dealkylation sites (tertiary alicyclic amines) is 2. The lowest BCUT2D eigenvalue weighted by Gasteiger charge is -2.37. The van der Waals surface area contributed by atoms with Gasteiger partial charge in [-0.3, -0.25) is 14.4 Å². The molecule has 2 aromatic rings. The summed E-state index contributed by atoms with van der Waals surface area (Å²) in [6.07, 6.45) is 5.72. The number of amides is 3. The van der Waals surface area contributed by atoms with Crippen molar-refractivity contribution in [3.8, 4) is 0 Å². The Hall–Kier alpha value is -2.87. The van der Waals surface area contributed by atoms with Gasteiger partial charge in [0.25, 0.3) is 5.91 Å². The van der Waals surface area contributed by atoms with Crippen LogP contribution in [0.2, 0.25) is 5.02 Å². The standard InChI is InChI=1S/C22H25ClN4O4/c23-17-5-6-19(24-13-17)25-20(28)16-3-1-9-27(14-16)21(29)15-7-10-26(11-8-15)22(30)18-4-2-12-31-18/h2,4-6,12-13,15-16H,1,3,7-11,14H2,(H,24,25,28). The van der Waals surface area contributed by atoms with E-state index in [1.807, 2.05) is 0 Å². The fourth-order valence-corrected chi connectivity index (χ4v) is 4.32. The highest BCUT2D eigenvalue weighted by Gasteiger charge is 2.34. The maximum absolute atomic E-state index is 13.1. The molecule has 8 nitrogen and oxygen atoms in total. The van der Waals surface area contributed by atoms with Crippen molar-refractivity contribution >= 4 is 35.1 Å². The lowest BCUT2D eigenvalue weighted by atomic mass is 9.91. The Kier molecular flexibility index (Phi) is 6.56. The third kappa shape index (κ3) is 5.07. The molecule has 1 N–H and O–H groups in total. The molecule has 31 heavy (non-hydrogen) atoms. The highest BCUT2D eigenvalue weighted by atomic mass is 35.5. The molecule has 164 valence electrons. The fraction of sp³-hybridized carbons (Fsp3) is 0.455. The van der Waals surface area contributed by atoms with E-state index in [9.17, 15) is 14.4 Å². The van der Waals surface area contributed by atoms with Gasteiger partial charge in [-0.05, 0) is 49.9 Å². The third-order valence-corrected chi connectivity index (χ3v) is 6.17. The van der Waals surface area contributed by atoms with Crippen molar-refractivity contribution in [2.24, 2.45) is 11.8 Å². The van der Waals surface area contributed by atoms with Gasteiger partial charge in [-0.25, -0.2) is 4.98 Å². The zero-order valence-electron chi connectivity index (χ0n) is 17.1. The van der Waals surface area contributed by atoms with Gasteiger partial charge in [0, 0.05) is 38.3 Å². The predicted molar refractivity (Wildman–Crippen MR) is 115 cm³/mol. The number of piperidine rings is 2. The first kappa shape index (κ1) is 21.4. The second-order valence-electron chi connectivity index (χ2n) is 8.02. The van der Waals surface area contributed by atoms with Gasteiger partial charge in [0.2, 0.25) is 11.8 Å². The summed E-state index contributed by atoms with van der Waals surface area (Å²) in [5.74, 6) is 0.187. The van der Waals surface area contributed by atoms with Gasteiger partial charge < -0.3 is 19.5 Å². The van der Waals surface area contributed by atoms with Gasteiger partial charge >= 0.3 is 0 Å². The number of anilines is 1. The molecule has 0 radical (unpaired) electrons. The minimum atomic E-state index is -0.268. The van der Waals surface area contributed by atoms with Crippen LogP contribution in [0.4, 0.5) is 5.82 Å². The molecular formula is C22H25ClN4O4. The number of hydrogen-bond acceptors (Lipinski definition) is 5. The molecule has 0 spiro atoms. The number of hydrogen-bond donors (Lipinski definition) is 1. The largest absolute Gasteiger partial charge is 0.459 e. The van der Waals surface area contributed by atoms with Crippen molar-refractivity contribution in [2.45, 2.75) is 25.7 Å². The number of nitrogens with zero attached hydrogens (tertiary/aromatic N) is 3. The fourth-order valence-electron chi connectivity index (χ4n) is 4.21. The minimum Gasteiger partial charge on any atom is -0.459 e. The Balaban J connectivity index is 1.29. The molecule has 1 unspecified atom stereocenters. The molecule has 3 amide bonds. The van der Waals surface area contributed by atoms with Crippen molar-refractivity contribution in [3.63, 3.8) is 0 Å². The molecule has 2 fully saturated rings. The molecule has 2 saturated heterocycles. The molecule has 0 bridgehead atoms. The van der Waals surface area contributed by atoms with Crippen molar-refractivity contribution in [1.82, 2.24) is 14.8 Å². The number of nitrogens with one attached hydrogen (secondary N) is 1. The van der Waals surface area contributed by atoms with Gasteiger partial charge in [-0.2, -0.15) is 0 Å². The molecule has 0 aliphatic carbocycles. The highest BCUT2D eigenvalue weighted by Crippen LogP contribution is 2.25. The molecular weight excluding hydrogens is 420 g/mol. The van der Waals surface area contributed by atoms with Crippen LogP contribution in [0.1, 0.15) is 36.2 Å². The average Bonchev–Trinajstić information content (AvgIpc) is 3.35. The molecule has 1 atom stereocenters. The second kappa shape index (κ2) is 9.51. The van der Waals surface area contributed by atoms with Crippen LogP contribution < -0.4 is 5.32 Å². The highest BCUT2D eigenvalue weighted by molar-refractivity contribution is 6.30. The Morgan fingerprint density at radius 3 is 2.52 bits per heavy atom. The molecule has 4 heterocycles. The number of rotatable bonds is 4. The number of pyridine rings is 1. The van der Waals surface area contributed by atoms with Crippen LogP contribution >= 0.6 is 11.6 Å². The van der Waals surface area contributed by atoms with Crippen molar-refractivity contribution in [2.75, 3.05) is 31.5 Å². The van der Waals surface area contributed by atoms with Crippen molar-refractivity contribution < 1.29 is 18.8 Å². The number of furan rings is 1. The maximum atomic E-state index is 13.1. The van der Waals surface area contributed by atoms with Gasteiger partial charge in [-0.15, -0.1) is 0 Å². The van der Waals surface area contributed by atoms with E-state index < -0.39 is 0 Å². The van der Waals surface area contributed by atoms with Crippen LogP contribution in [0.5, 0.6) is 0 Å². The molecule has 0 aromatic carbocycles. The van der Waals surface area contributed by atoms with Crippen LogP contribution in [0.15, 0.2) is 41.1 Å². The molecule has 4 rings (SSSR count). The third-order valence-electron chi connectivity index (χ3n) is 5.95. The van der Waals surface area contributed by atoms with Gasteiger partial charge in [-0.1, -0.05) is 11.6 Å². The van der Waals surface area contributed by atoms with Crippen LogP contribution in [-0.4, -0.2) is 58.7 Å². The monoisotopic (exact) mass is 444 g/mol. The van der Waals surface area contributed by atoms with E-state index in [2.05, 4.69) is 10.3 Å². The maximum Gasteiger partial charge on any atom is 0.289 e. The van der Waals surface area contributed by atoms with E-state index in [0.29, 0.717) is 55.6 Å². The predicted octanol–water partition coefficient (Wildman–Crippen LogP) is 3.06. The van der Waals surface area contributed by atoms with Crippen LogP contribution in [0.25, 0.3) is 0 Å². The number of carbonyl (C=O) groups is 3. The topological polar surface area (TPSA) is 95.8 Å². The van der Waals surface area contributed by atoms with Crippen LogP contribution in [0, 0.1) is 11.8 Å². The lowest BCUT2D eigenvalue weighted by Crippen LogP contribution is -2.48. The van der Waals surface area contributed by atoms with E-state index in [0.717, 1.165) is 12.8 Å². The first-order valence-electron chi connectivity index (χ1n) is 10.6. The Labute approximate surface area is 185 Å². The quantitative estimate of drug-likeness (QED) is 0.781. The van der Waals surface area contributed by atoms with E-state index in [1.165, 1.54) is 12.5 Å². The summed E-state index contributed by atoms with van der Waals surface area (Å²) in [5, 5.41) is 3.31. The molecule has 2 aliphatic rings. The molecule has 2 aliphatic heterocycles. The Morgan fingerprint density at radius 2 is 1.84 bits per heavy atom. The van der Waals surface area contributed by atoms with E-state index in [-0.39, 0.29) is 29.6 Å². The lowest BCUT2D eigenvalue weighted by molar-refractivity contribution is -0.139. The summed E-state index contributed by atoms with van der Waals surface area (Å²) in [6, 6.07) is 6.67. The SMILES string of the molecule is O=C(Nc1ccc(Cl)cn1)C1CCCN(C(=O)C2CCN(C(=O)c3ccco3)CC2)C1. The molecule has 2 aromatic heterocycles. The number of aromatic nitrogens is 1. The van der Waals surface area contributed by atoms with Crippen molar-refractivity contribution in [1.29, 1.82) is 0 Å². The minimum absolute atomic E-state index is 0.0761. The zero-order valence-corrected chi connectivity index (χ0v) is 17.9. The van der Waals surface area contributed by atoms with Crippen LogP contribution in [-0.2, 0) is 9.59 Å². The second-order valence-corrected chi connectivity index (χ2v) is 8.45. The van der Waals surface area contributed by atoms with Gasteiger partial charge in [0.1, 0.15) is 5.82 Å². The Bertz CT molecular complexity index is 923. The van der Waals surface area contributed by atoms with Gasteiger partial charge in [0.15, 0.2) is 5.76 Å². The summed E-state index contributed by atoms with van der Waals surface area (Å²) >= 11 is 5.83. The molecule has 9 heteroatoms. The first-order valence-corrected chi connectivity index (χ1v) is 10.9. The number of carbonyl (C=O) groups excluding carboxylic acids is 3. The van der Waals surface area contributed by atoms with E-state index in [1.54, 1.807) is 34.1 Å². The Morgan fingerprint density at radius 1 is 1.03 bits per heavy atom. The molecule has 0 saturated carbocycles. The zero-order chi connectivity index (χ0) is 21.8. The summed E-state index contributed by atoms with van der Waals surface area (Å²) in [5.41, 5.74) is 0. The van der Waals surface area contributed by atoms with Crippen LogP contribution in [0.3, 0.4) is 0 Å². The summed E-state index contributed by atoms with van der Waals surface area (Å²) in [6.45, 7) is 2.11. The van der Waals surface area contributed by atoms with Gasteiger partial charge in [0.05, 0.1) is 17.2 Å².